The van der Waals surface area contributed by atoms with Gasteiger partial charge in [-0.05, 0) is 13.8 Å². The molecule has 0 spiro atoms. The lowest BCUT2D eigenvalue weighted by atomic mass is 10.3. The van der Waals surface area contributed by atoms with E-state index in [1.165, 1.54) is 20.9 Å². The Labute approximate surface area is 90.0 Å². The summed E-state index contributed by atoms with van der Waals surface area (Å²) < 4.78 is 42.8. The summed E-state index contributed by atoms with van der Waals surface area (Å²) >= 11 is 0. The van der Waals surface area contributed by atoms with Crippen LogP contribution in [0.15, 0.2) is 6.07 Å². The van der Waals surface area contributed by atoms with E-state index in [4.69, 9.17) is 4.74 Å². The summed E-state index contributed by atoms with van der Waals surface area (Å²) in [5.74, 6) is -0.357. The molecule has 0 bridgehead atoms. The Kier molecular flexibility index (Phi) is 3.25. The Morgan fingerprint density at radius 2 is 2.12 bits per heavy atom. The van der Waals surface area contributed by atoms with Gasteiger partial charge in [0.15, 0.2) is 17.6 Å². The number of ether oxygens (including phenoxy) is 1. The fourth-order valence-corrected chi connectivity index (χ4v) is 0.963. The second-order valence-corrected chi connectivity index (χ2v) is 3.36. The third kappa shape index (κ3) is 2.74. The molecule has 0 amide bonds. The zero-order valence-corrected chi connectivity index (χ0v) is 9.00. The molecule has 0 saturated carbocycles. The van der Waals surface area contributed by atoms with Crippen LogP contribution in [-0.4, -0.2) is 21.7 Å². The smallest absolute Gasteiger partial charge is 0.435 e. The van der Waals surface area contributed by atoms with Gasteiger partial charge < -0.3 is 4.74 Å². The van der Waals surface area contributed by atoms with Gasteiger partial charge >= 0.3 is 6.18 Å². The van der Waals surface area contributed by atoms with Crippen LogP contribution in [0.3, 0.4) is 0 Å². The predicted molar refractivity (Wildman–Crippen MR) is 49.0 cm³/mol. The molecule has 1 heterocycles. The van der Waals surface area contributed by atoms with Gasteiger partial charge in [0.2, 0.25) is 5.88 Å². The van der Waals surface area contributed by atoms with Crippen LogP contribution in [0.2, 0.25) is 0 Å². The van der Waals surface area contributed by atoms with Gasteiger partial charge in [0, 0.05) is 13.1 Å². The van der Waals surface area contributed by atoms with E-state index in [-0.39, 0.29) is 11.7 Å². The van der Waals surface area contributed by atoms with Crippen LogP contribution in [-0.2, 0) is 18.0 Å². The topological polar surface area (TPSA) is 44.1 Å². The first kappa shape index (κ1) is 12.5. The van der Waals surface area contributed by atoms with Crippen LogP contribution in [0.1, 0.15) is 19.5 Å². The fourth-order valence-electron chi connectivity index (χ4n) is 0.963. The Morgan fingerprint density at radius 3 is 2.50 bits per heavy atom. The third-order valence-corrected chi connectivity index (χ3v) is 2.00. The molecule has 1 rings (SSSR count). The van der Waals surface area contributed by atoms with Gasteiger partial charge in [-0.15, -0.1) is 0 Å². The van der Waals surface area contributed by atoms with Gasteiger partial charge in [-0.3, -0.25) is 4.79 Å². The molecule has 0 radical (unpaired) electrons. The standard InChI is InChI=1S/C9H11F3N2O2/c1-5(15)6(2)16-8-4-7(9(10,11)12)13-14(8)3/h4,6H,1-3H3. The summed E-state index contributed by atoms with van der Waals surface area (Å²) in [6.07, 6.45) is -5.31. The lowest BCUT2D eigenvalue weighted by Crippen LogP contribution is -2.21. The molecule has 4 nitrogen and oxygen atoms in total. The summed E-state index contributed by atoms with van der Waals surface area (Å²) in [4.78, 5) is 10.9. The van der Waals surface area contributed by atoms with Gasteiger partial charge in [-0.2, -0.15) is 18.3 Å². The van der Waals surface area contributed by atoms with E-state index in [0.717, 1.165) is 10.7 Å². The second kappa shape index (κ2) is 4.15. The quantitative estimate of drug-likeness (QED) is 0.803. The first-order valence-corrected chi connectivity index (χ1v) is 4.50. The minimum absolute atomic E-state index is 0.0879. The number of carbonyl (C=O) groups is 1. The Bertz CT molecular complexity index is 398. The van der Waals surface area contributed by atoms with E-state index in [9.17, 15) is 18.0 Å². The van der Waals surface area contributed by atoms with E-state index in [0.29, 0.717) is 0 Å². The highest BCUT2D eigenvalue weighted by Crippen LogP contribution is 2.30. The SMILES string of the molecule is CC(=O)C(C)Oc1cc(C(F)(F)F)nn1C. The first-order chi connectivity index (χ1) is 7.21. The largest absolute Gasteiger partial charge is 0.467 e. The summed E-state index contributed by atoms with van der Waals surface area (Å²) in [7, 11) is 1.32. The molecule has 0 aromatic carbocycles. The normalized spacial score (nSPS) is 13.6. The lowest BCUT2D eigenvalue weighted by molar-refractivity contribution is -0.141. The molecule has 1 atom stereocenters. The van der Waals surface area contributed by atoms with E-state index in [1.54, 1.807) is 0 Å². The van der Waals surface area contributed by atoms with Crippen LogP contribution >= 0.6 is 0 Å². The molecule has 16 heavy (non-hydrogen) atoms. The van der Waals surface area contributed by atoms with E-state index in [1.807, 2.05) is 0 Å². The maximum absolute atomic E-state index is 12.3. The molecule has 0 aliphatic carbocycles. The zero-order chi connectivity index (χ0) is 12.5. The summed E-state index contributed by atoms with van der Waals surface area (Å²) in [5, 5.41) is 3.25. The zero-order valence-electron chi connectivity index (χ0n) is 9.00. The van der Waals surface area contributed by atoms with Crippen molar-refractivity contribution in [2.45, 2.75) is 26.1 Å². The molecule has 1 unspecified atom stereocenters. The second-order valence-electron chi connectivity index (χ2n) is 3.36. The molecule has 0 saturated heterocycles. The van der Waals surface area contributed by atoms with Crippen molar-refractivity contribution >= 4 is 5.78 Å². The van der Waals surface area contributed by atoms with E-state index >= 15 is 0 Å². The molecule has 7 heteroatoms. The van der Waals surface area contributed by atoms with Gasteiger partial charge in [-0.25, -0.2) is 4.68 Å². The maximum Gasteiger partial charge on any atom is 0.435 e. The highest BCUT2D eigenvalue weighted by molar-refractivity contribution is 5.80. The van der Waals surface area contributed by atoms with Crippen LogP contribution in [0, 0.1) is 0 Å². The van der Waals surface area contributed by atoms with Gasteiger partial charge in [0.25, 0.3) is 0 Å². The number of hydrogen-bond donors (Lipinski definition) is 0. The first-order valence-electron chi connectivity index (χ1n) is 4.50. The molecule has 1 aromatic rings. The van der Waals surface area contributed by atoms with E-state index in [2.05, 4.69) is 5.10 Å². The lowest BCUT2D eigenvalue weighted by Gasteiger charge is -2.10. The van der Waals surface area contributed by atoms with Crippen molar-refractivity contribution in [1.29, 1.82) is 0 Å². The van der Waals surface area contributed by atoms with Gasteiger partial charge in [0.1, 0.15) is 0 Å². The third-order valence-electron chi connectivity index (χ3n) is 2.00. The number of aromatic nitrogens is 2. The van der Waals surface area contributed by atoms with Crippen molar-refractivity contribution in [2.75, 3.05) is 0 Å². The molecule has 0 N–H and O–H groups in total. The number of alkyl halides is 3. The predicted octanol–water partition coefficient (Wildman–Crippen LogP) is 1.80. The number of hydrogen-bond acceptors (Lipinski definition) is 3. The molecule has 0 aliphatic rings. The monoisotopic (exact) mass is 236 g/mol. The molecule has 90 valence electrons. The summed E-state index contributed by atoms with van der Waals surface area (Å²) in [6.45, 7) is 2.76. The highest BCUT2D eigenvalue weighted by Gasteiger charge is 2.35. The van der Waals surface area contributed by atoms with Crippen molar-refractivity contribution in [3.05, 3.63) is 11.8 Å². The highest BCUT2D eigenvalue weighted by atomic mass is 19.4. The Balaban J connectivity index is 2.91. The maximum atomic E-state index is 12.3. The van der Waals surface area contributed by atoms with Crippen LogP contribution in [0.5, 0.6) is 5.88 Å². The average Bonchev–Trinajstić information content (AvgIpc) is 2.47. The molecule has 0 fully saturated rings. The number of rotatable bonds is 3. The van der Waals surface area contributed by atoms with Crippen molar-refractivity contribution in [1.82, 2.24) is 9.78 Å². The average molecular weight is 236 g/mol. The minimum atomic E-state index is -4.52. The van der Waals surface area contributed by atoms with Gasteiger partial charge in [0.05, 0.1) is 0 Å². The number of halogens is 3. The minimum Gasteiger partial charge on any atom is -0.467 e. The van der Waals surface area contributed by atoms with Crippen LogP contribution in [0.4, 0.5) is 13.2 Å². The number of nitrogens with zero attached hydrogens (tertiary/aromatic N) is 2. The number of carbonyl (C=O) groups excluding carboxylic acids is 1. The molecule has 1 aromatic heterocycles. The van der Waals surface area contributed by atoms with Crippen molar-refractivity contribution < 1.29 is 22.7 Å². The van der Waals surface area contributed by atoms with Crippen molar-refractivity contribution in [3.63, 3.8) is 0 Å². The van der Waals surface area contributed by atoms with Gasteiger partial charge in [-0.1, -0.05) is 0 Å². The summed E-state index contributed by atoms with van der Waals surface area (Å²) in [6, 6.07) is 0.763. The Morgan fingerprint density at radius 1 is 1.56 bits per heavy atom. The Hall–Kier alpha value is -1.53. The molecule has 0 aliphatic heterocycles. The number of ketones is 1. The molecular weight excluding hydrogens is 225 g/mol. The van der Waals surface area contributed by atoms with Crippen molar-refractivity contribution in [3.8, 4) is 5.88 Å². The summed E-state index contributed by atoms with van der Waals surface area (Å²) in [5.41, 5.74) is -1.04. The van der Waals surface area contributed by atoms with E-state index < -0.39 is 18.0 Å². The van der Waals surface area contributed by atoms with Crippen LogP contribution in [0.25, 0.3) is 0 Å². The molecular formula is C9H11F3N2O2. The van der Waals surface area contributed by atoms with Crippen LogP contribution < -0.4 is 4.74 Å². The number of Topliss-reactive ketones (excluding diaryl/α,β-unsaturated/α-hetero) is 1. The van der Waals surface area contributed by atoms with Crippen molar-refractivity contribution in [2.24, 2.45) is 7.05 Å². The number of aryl methyl sites for hydroxylation is 1. The fraction of sp³-hybridized carbons (Fsp3) is 0.556.